The van der Waals surface area contributed by atoms with Crippen LogP contribution in [0.15, 0.2) is 48.5 Å². The Morgan fingerprint density at radius 2 is 1.82 bits per heavy atom. The molecule has 0 spiro atoms. The highest BCUT2D eigenvalue weighted by Gasteiger charge is 2.36. The largest absolute Gasteiger partial charge is 0.274 e. The molecular weight excluding hydrogens is 298 g/mol. The minimum absolute atomic E-state index is 0.318. The van der Waals surface area contributed by atoms with Crippen molar-refractivity contribution in [1.82, 2.24) is 0 Å². The molecule has 4 heteroatoms. The van der Waals surface area contributed by atoms with E-state index in [0.717, 1.165) is 11.1 Å². The summed E-state index contributed by atoms with van der Waals surface area (Å²) < 4.78 is 0. The number of imide groups is 1. The van der Waals surface area contributed by atoms with Crippen molar-refractivity contribution in [2.75, 3.05) is 4.90 Å². The van der Waals surface area contributed by atoms with E-state index < -0.39 is 0 Å². The number of hydrogen-bond donors (Lipinski definition) is 0. The minimum atomic E-state index is -0.375. The minimum Gasteiger partial charge on any atom is -0.274 e. The maximum Gasteiger partial charge on any atom is 0.267 e. The number of benzene rings is 2. The molecule has 0 fully saturated rings. The summed E-state index contributed by atoms with van der Waals surface area (Å²) in [7, 11) is 0. The Kier molecular flexibility index (Phi) is 3.59. The number of anilines is 1. The Hall–Kier alpha value is -2.39. The first-order valence-electron chi connectivity index (χ1n) is 6.92. The number of rotatable bonds is 1. The van der Waals surface area contributed by atoms with E-state index in [9.17, 15) is 9.59 Å². The summed E-state index contributed by atoms with van der Waals surface area (Å²) in [4.78, 5) is 25.7. The van der Waals surface area contributed by atoms with Gasteiger partial charge >= 0.3 is 0 Å². The predicted octanol–water partition coefficient (Wildman–Crippen LogP) is 4.00. The molecule has 2 amide bonds. The van der Waals surface area contributed by atoms with Crippen molar-refractivity contribution in [3.8, 4) is 0 Å². The molecule has 1 heterocycles. The van der Waals surface area contributed by atoms with Crippen LogP contribution in [-0.4, -0.2) is 11.8 Å². The van der Waals surface area contributed by atoms with Crippen LogP contribution in [0, 0.1) is 6.92 Å². The lowest BCUT2D eigenvalue weighted by molar-refractivity contribution is -0.122. The second kappa shape index (κ2) is 5.43. The zero-order valence-electron chi connectivity index (χ0n) is 12.3. The zero-order chi connectivity index (χ0) is 15.9. The smallest absolute Gasteiger partial charge is 0.267 e. The molecule has 0 saturated carbocycles. The number of fused-ring (bicyclic) bond motifs is 1. The lowest BCUT2D eigenvalue weighted by atomic mass is 10.0. The maximum atomic E-state index is 12.7. The van der Waals surface area contributed by atoms with Gasteiger partial charge in [0.15, 0.2) is 0 Å². The standard InChI is InChI=1S/C18H14ClNO2/c1-11-6-5-7-13(10-11)17(19)16-14-8-3-4-9-15(14)20(12(2)21)18(16)22/h3-10H,1-2H3/b17-16+. The number of halogens is 1. The van der Waals surface area contributed by atoms with Crippen molar-refractivity contribution in [2.45, 2.75) is 13.8 Å². The molecule has 0 aliphatic carbocycles. The Bertz CT molecular complexity index is 823. The Morgan fingerprint density at radius 1 is 1.09 bits per heavy atom. The van der Waals surface area contributed by atoms with Crippen LogP contribution in [-0.2, 0) is 9.59 Å². The van der Waals surface area contributed by atoms with Gasteiger partial charge in [0, 0.05) is 12.5 Å². The van der Waals surface area contributed by atoms with Gasteiger partial charge in [-0.25, -0.2) is 4.90 Å². The van der Waals surface area contributed by atoms with Gasteiger partial charge in [0.25, 0.3) is 5.91 Å². The molecule has 0 unspecified atom stereocenters. The summed E-state index contributed by atoms with van der Waals surface area (Å²) in [5.41, 5.74) is 3.47. The van der Waals surface area contributed by atoms with E-state index in [-0.39, 0.29) is 11.8 Å². The van der Waals surface area contributed by atoms with Crippen LogP contribution < -0.4 is 4.90 Å². The van der Waals surface area contributed by atoms with Gasteiger partial charge in [-0.1, -0.05) is 59.6 Å². The summed E-state index contributed by atoms with van der Waals surface area (Å²) in [6.45, 7) is 3.34. The fourth-order valence-corrected chi connectivity index (χ4v) is 2.97. The lowest BCUT2D eigenvalue weighted by Crippen LogP contribution is -2.31. The zero-order valence-corrected chi connectivity index (χ0v) is 13.0. The first-order valence-corrected chi connectivity index (χ1v) is 7.29. The van der Waals surface area contributed by atoms with E-state index in [1.165, 1.54) is 11.8 Å². The molecule has 0 bridgehead atoms. The molecule has 3 rings (SSSR count). The molecule has 3 nitrogen and oxygen atoms in total. The first kappa shape index (κ1) is 14.5. The number of amides is 2. The van der Waals surface area contributed by atoms with Crippen LogP contribution >= 0.6 is 11.6 Å². The molecule has 0 atom stereocenters. The quantitative estimate of drug-likeness (QED) is 0.747. The predicted molar refractivity (Wildman–Crippen MR) is 88.5 cm³/mol. The Labute approximate surface area is 133 Å². The molecule has 2 aromatic carbocycles. The van der Waals surface area contributed by atoms with Gasteiger partial charge in [-0.3, -0.25) is 9.59 Å². The van der Waals surface area contributed by atoms with Crippen molar-refractivity contribution in [2.24, 2.45) is 0 Å². The number of carbonyl (C=O) groups excluding carboxylic acids is 2. The van der Waals surface area contributed by atoms with Gasteiger partial charge in [-0.2, -0.15) is 0 Å². The average Bonchev–Trinajstić information content (AvgIpc) is 2.78. The molecule has 110 valence electrons. The van der Waals surface area contributed by atoms with Crippen molar-refractivity contribution in [1.29, 1.82) is 0 Å². The molecule has 2 aromatic rings. The van der Waals surface area contributed by atoms with E-state index in [2.05, 4.69) is 0 Å². The highest BCUT2D eigenvalue weighted by atomic mass is 35.5. The highest BCUT2D eigenvalue weighted by molar-refractivity contribution is 6.60. The molecule has 0 saturated heterocycles. The molecule has 1 aliphatic rings. The number of hydrogen-bond acceptors (Lipinski definition) is 2. The number of carbonyl (C=O) groups is 2. The van der Waals surface area contributed by atoms with E-state index >= 15 is 0 Å². The number of para-hydroxylation sites is 1. The van der Waals surface area contributed by atoms with Gasteiger partial charge in [-0.15, -0.1) is 0 Å². The SMILES string of the molecule is CC(=O)N1C(=O)/C(=C(/Cl)c2cccc(C)c2)c2ccccc21. The highest BCUT2D eigenvalue weighted by Crippen LogP contribution is 2.42. The number of nitrogens with zero attached hydrogens (tertiary/aromatic N) is 1. The van der Waals surface area contributed by atoms with E-state index in [4.69, 9.17) is 11.6 Å². The molecule has 0 radical (unpaired) electrons. The van der Waals surface area contributed by atoms with Crippen molar-refractivity contribution < 1.29 is 9.59 Å². The van der Waals surface area contributed by atoms with E-state index in [0.29, 0.717) is 21.9 Å². The van der Waals surface area contributed by atoms with Crippen LogP contribution in [0.25, 0.3) is 10.6 Å². The number of aryl methyl sites for hydroxylation is 1. The van der Waals surface area contributed by atoms with Crippen LogP contribution in [0.3, 0.4) is 0 Å². The third kappa shape index (κ3) is 2.24. The summed E-state index contributed by atoms with van der Waals surface area (Å²) in [5, 5.41) is 0.366. The maximum absolute atomic E-state index is 12.7. The van der Waals surface area contributed by atoms with Crippen LogP contribution in [0.5, 0.6) is 0 Å². The first-order chi connectivity index (χ1) is 10.5. The third-order valence-corrected chi connectivity index (χ3v) is 4.04. The van der Waals surface area contributed by atoms with E-state index in [1.807, 2.05) is 43.3 Å². The normalized spacial score (nSPS) is 15.8. The van der Waals surface area contributed by atoms with E-state index in [1.54, 1.807) is 12.1 Å². The van der Waals surface area contributed by atoms with Gasteiger partial charge in [-0.05, 0) is 18.6 Å². The fraction of sp³-hybridized carbons (Fsp3) is 0.111. The molecule has 0 N–H and O–H groups in total. The second-order valence-corrected chi connectivity index (χ2v) is 5.61. The molecule has 1 aliphatic heterocycles. The lowest BCUT2D eigenvalue weighted by Gasteiger charge is -2.11. The third-order valence-electron chi connectivity index (χ3n) is 3.64. The van der Waals surface area contributed by atoms with Gasteiger partial charge in [0.05, 0.1) is 16.3 Å². The Morgan fingerprint density at radius 3 is 2.50 bits per heavy atom. The molecule has 0 aromatic heterocycles. The monoisotopic (exact) mass is 311 g/mol. The summed E-state index contributed by atoms with van der Waals surface area (Å²) >= 11 is 6.50. The fourth-order valence-electron chi connectivity index (χ4n) is 2.67. The second-order valence-electron chi connectivity index (χ2n) is 5.24. The summed E-state index contributed by atoms with van der Waals surface area (Å²) in [5.74, 6) is -0.693. The van der Waals surface area contributed by atoms with Crippen LogP contribution in [0.1, 0.15) is 23.6 Å². The van der Waals surface area contributed by atoms with Crippen LogP contribution in [0.2, 0.25) is 0 Å². The van der Waals surface area contributed by atoms with Gasteiger partial charge < -0.3 is 0 Å². The molecular formula is C18H14ClNO2. The summed E-state index contributed by atoms with van der Waals surface area (Å²) in [6, 6.07) is 14.8. The van der Waals surface area contributed by atoms with Crippen molar-refractivity contribution >= 4 is 39.7 Å². The average molecular weight is 312 g/mol. The van der Waals surface area contributed by atoms with Crippen molar-refractivity contribution in [3.63, 3.8) is 0 Å². The topological polar surface area (TPSA) is 37.4 Å². The van der Waals surface area contributed by atoms with Gasteiger partial charge in [0.2, 0.25) is 5.91 Å². The summed E-state index contributed by atoms with van der Waals surface area (Å²) in [6.07, 6.45) is 0. The van der Waals surface area contributed by atoms with Crippen LogP contribution in [0.4, 0.5) is 5.69 Å². The van der Waals surface area contributed by atoms with Crippen molar-refractivity contribution in [3.05, 3.63) is 65.2 Å². The Balaban J connectivity index is 2.25. The van der Waals surface area contributed by atoms with Gasteiger partial charge in [0.1, 0.15) is 0 Å². The molecule has 22 heavy (non-hydrogen) atoms.